The van der Waals surface area contributed by atoms with Gasteiger partial charge in [0.15, 0.2) is 0 Å². The molecule has 0 aliphatic rings. The molecule has 0 heterocycles. The van der Waals surface area contributed by atoms with Gasteiger partial charge < -0.3 is 36.9 Å². The van der Waals surface area contributed by atoms with Crippen LogP contribution in [0.15, 0.2) is 0 Å². The molecule has 0 atom stereocenters. The maximum atomic E-state index is 8.33. The van der Waals surface area contributed by atoms with Crippen molar-refractivity contribution in [3.8, 4) is 0 Å². The monoisotopic (exact) mass is 271 g/mol. The topological polar surface area (TPSA) is 189 Å². The summed E-state index contributed by atoms with van der Waals surface area (Å²) >= 11 is 0. The van der Waals surface area contributed by atoms with Crippen LogP contribution in [-0.2, 0) is 0 Å². The fourth-order valence-electron chi connectivity index (χ4n) is 0. The van der Waals surface area contributed by atoms with Gasteiger partial charge in [-0.2, -0.15) is 0 Å². The molecule has 0 rings (SSSR count). The zero-order chi connectivity index (χ0) is 3.58. The van der Waals surface area contributed by atoms with Gasteiger partial charge in [-0.3, -0.25) is 0 Å². The summed E-state index contributed by atoms with van der Waals surface area (Å²) in [5.74, 6) is 0. The number of rotatable bonds is 0. The van der Waals surface area contributed by atoms with Crippen molar-refractivity contribution < 1.29 is 72.5 Å². The van der Waals surface area contributed by atoms with E-state index in [1.807, 2.05) is 0 Å². The molecular formula is CH8LaO7+. The van der Waals surface area contributed by atoms with E-state index in [9.17, 15) is 0 Å². The first-order valence-electron chi connectivity index (χ1n) is 0.612. The van der Waals surface area contributed by atoms with Gasteiger partial charge in [-0.05, 0) is 6.16 Å². The van der Waals surface area contributed by atoms with E-state index in [1.54, 1.807) is 0 Å². The smallest absolute Gasteiger partial charge is 0.652 e. The molecule has 0 aromatic heterocycles. The van der Waals surface area contributed by atoms with Gasteiger partial charge in [0.1, 0.15) is 0 Å². The van der Waals surface area contributed by atoms with Crippen molar-refractivity contribution in [2.24, 2.45) is 0 Å². The molecule has 0 aliphatic heterocycles. The predicted octanol–water partition coefficient (Wildman–Crippen LogP) is -5.75. The Balaban J connectivity index is -0.00000000450. The van der Waals surface area contributed by atoms with Gasteiger partial charge in [-0.1, -0.05) is 0 Å². The second kappa shape index (κ2) is 40.6. The maximum Gasteiger partial charge on any atom is 3.00 e. The average molecular weight is 271 g/mol. The van der Waals surface area contributed by atoms with E-state index in [0.29, 0.717) is 0 Å². The van der Waals surface area contributed by atoms with E-state index in [-0.39, 0.29) is 57.5 Å². The van der Waals surface area contributed by atoms with Crippen LogP contribution >= 0.6 is 0 Å². The van der Waals surface area contributed by atoms with Crippen LogP contribution in [0.25, 0.3) is 0 Å². The van der Waals surface area contributed by atoms with Crippen LogP contribution in [0.4, 0.5) is 4.79 Å². The third-order valence-electron chi connectivity index (χ3n) is 0. The van der Waals surface area contributed by atoms with Crippen molar-refractivity contribution in [2.45, 2.75) is 0 Å². The second-order valence-electron chi connectivity index (χ2n) is 0.250. The van der Waals surface area contributed by atoms with E-state index in [4.69, 9.17) is 15.0 Å². The minimum atomic E-state index is -2.33. The van der Waals surface area contributed by atoms with Crippen LogP contribution in [-0.4, -0.2) is 28.1 Å². The summed E-state index contributed by atoms with van der Waals surface area (Å²) in [6, 6.07) is 0. The number of carboxylic acid groups (broad SMARTS) is 2. The summed E-state index contributed by atoms with van der Waals surface area (Å²) in [4.78, 5) is 8.33. The van der Waals surface area contributed by atoms with Gasteiger partial charge in [0.05, 0.1) is 0 Å². The van der Waals surface area contributed by atoms with Gasteiger partial charge in [0.25, 0.3) is 0 Å². The van der Waals surface area contributed by atoms with E-state index < -0.39 is 6.16 Å². The SMILES string of the molecule is O.O.O.O.O=C([O-])[O-].[La+3]. The first-order valence-corrected chi connectivity index (χ1v) is 0.612. The minimum absolute atomic E-state index is 0. The van der Waals surface area contributed by atoms with Crippen LogP contribution in [0.3, 0.4) is 0 Å². The van der Waals surface area contributed by atoms with E-state index >= 15 is 0 Å². The molecule has 0 unspecified atom stereocenters. The van der Waals surface area contributed by atoms with Crippen LogP contribution < -0.4 is 10.2 Å². The quantitative estimate of drug-likeness (QED) is 0.424. The Labute approximate surface area is 78.5 Å². The van der Waals surface area contributed by atoms with Crippen LogP contribution in [0.1, 0.15) is 0 Å². The van der Waals surface area contributed by atoms with Crippen molar-refractivity contribution in [1.29, 1.82) is 0 Å². The van der Waals surface area contributed by atoms with Crippen LogP contribution in [0, 0.1) is 35.6 Å². The summed E-state index contributed by atoms with van der Waals surface area (Å²) in [7, 11) is 0. The van der Waals surface area contributed by atoms with Gasteiger partial charge >= 0.3 is 35.6 Å². The second-order valence-corrected chi connectivity index (χ2v) is 0.250. The Morgan fingerprint density at radius 2 is 0.889 bits per heavy atom. The van der Waals surface area contributed by atoms with E-state index in [2.05, 4.69) is 0 Å². The van der Waals surface area contributed by atoms with Crippen LogP contribution in [0.2, 0.25) is 0 Å². The Bertz CT molecular complexity index is 31.9. The Hall–Kier alpha value is 0.305. The molecule has 0 aromatic rings. The predicted molar refractivity (Wildman–Crippen MR) is 19.9 cm³/mol. The molecule has 8 heteroatoms. The fraction of sp³-hybridized carbons (Fsp3) is 0. The third kappa shape index (κ3) is 3550. The summed E-state index contributed by atoms with van der Waals surface area (Å²) in [6.45, 7) is 0. The Morgan fingerprint density at radius 1 is 0.889 bits per heavy atom. The van der Waals surface area contributed by atoms with Crippen molar-refractivity contribution in [2.75, 3.05) is 0 Å². The Morgan fingerprint density at radius 3 is 0.889 bits per heavy atom. The third-order valence-corrected chi connectivity index (χ3v) is 0. The van der Waals surface area contributed by atoms with Gasteiger partial charge in [-0.25, -0.2) is 0 Å². The standard InChI is InChI=1S/CH2O3.La.4H2O/c2-1(3)4;;;;;/h(H2,2,3,4);;4*1H2/q;+3;;;;/p-2. The molecule has 0 amide bonds. The molecule has 0 radical (unpaired) electrons. The van der Waals surface area contributed by atoms with Crippen molar-refractivity contribution >= 4 is 6.16 Å². The molecule has 9 heavy (non-hydrogen) atoms. The van der Waals surface area contributed by atoms with Gasteiger partial charge in [0, 0.05) is 0 Å². The molecule has 0 bridgehead atoms. The fourth-order valence-corrected chi connectivity index (χ4v) is 0. The number of carbonyl (C=O) groups excluding carboxylic acids is 1. The molecule has 0 saturated heterocycles. The molecule has 8 N–H and O–H groups in total. The van der Waals surface area contributed by atoms with E-state index in [1.165, 1.54) is 0 Å². The van der Waals surface area contributed by atoms with Crippen molar-refractivity contribution in [1.82, 2.24) is 0 Å². The summed E-state index contributed by atoms with van der Waals surface area (Å²) in [5, 5.41) is 16.7. The van der Waals surface area contributed by atoms with Gasteiger partial charge in [-0.15, -0.1) is 0 Å². The summed E-state index contributed by atoms with van der Waals surface area (Å²) in [6.07, 6.45) is -2.33. The molecule has 0 aliphatic carbocycles. The molecule has 56 valence electrons. The van der Waals surface area contributed by atoms with E-state index in [0.717, 1.165) is 0 Å². The zero-order valence-electron chi connectivity index (χ0n) is 4.30. The van der Waals surface area contributed by atoms with Gasteiger partial charge in [0.2, 0.25) is 0 Å². The minimum Gasteiger partial charge on any atom is -0.652 e. The summed E-state index contributed by atoms with van der Waals surface area (Å²) < 4.78 is 0. The zero-order valence-corrected chi connectivity index (χ0v) is 7.93. The molecule has 0 spiro atoms. The molecule has 0 saturated carbocycles. The number of hydrogen-bond donors (Lipinski definition) is 0. The molecular weight excluding hydrogens is 263 g/mol. The molecule has 0 fully saturated rings. The first kappa shape index (κ1) is 58.8. The average Bonchev–Trinajstić information content (AvgIpc) is 0.811. The molecule has 0 aromatic carbocycles. The normalized spacial score (nSPS) is 2.67. The van der Waals surface area contributed by atoms with Crippen molar-refractivity contribution in [3.63, 3.8) is 0 Å². The number of hydrogen-bond acceptors (Lipinski definition) is 3. The summed E-state index contributed by atoms with van der Waals surface area (Å²) in [5.41, 5.74) is 0. The maximum absolute atomic E-state index is 8.33. The Kier molecular flexibility index (Phi) is 265. The number of carbonyl (C=O) groups is 1. The first-order chi connectivity index (χ1) is 1.73. The van der Waals surface area contributed by atoms with Crippen LogP contribution in [0.5, 0.6) is 0 Å². The largest absolute Gasteiger partial charge is 3.00 e. The molecule has 7 nitrogen and oxygen atoms in total. The van der Waals surface area contributed by atoms with Crippen molar-refractivity contribution in [3.05, 3.63) is 0 Å².